The van der Waals surface area contributed by atoms with Gasteiger partial charge in [0.1, 0.15) is 5.82 Å². The highest BCUT2D eigenvalue weighted by molar-refractivity contribution is 5.91. The number of anilines is 2. The molecule has 0 aliphatic heterocycles. The van der Waals surface area contributed by atoms with Gasteiger partial charge in [0.25, 0.3) is 0 Å². The fourth-order valence-electron chi connectivity index (χ4n) is 1.81. The molecule has 108 valence electrons. The van der Waals surface area contributed by atoms with Crippen molar-refractivity contribution in [2.75, 3.05) is 5.32 Å². The van der Waals surface area contributed by atoms with Crippen LogP contribution < -0.4 is 5.32 Å². The monoisotopic (exact) mass is 289 g/mol. The molecule has 0 aromatic heterocycles. The van der Waals surface area contributed by atoms with Crippen molar-refractivity contribution in [3.05, 3.63) is 58.9 Å². The van der Waals surface area contributed by atoms with Gasteiger partial charge in [0.2, 0.25) is 0 Å². The lowest BCUT2D eigenvalue weighted by atomic mass is 10.1. The topological polar surface area (TPSA) is 86.6 Å². The number of carboxylic acid groups (broad SMARTS) is 2. The lowest BCUT2D eigenvalue weighted by Crippen LogP contribution is -2.03. The van der Waals surface area contributed by atoms with Crippen LogP contribution in [0, 0.1) is 12.7 Å². The minimum atomic E-state index is -1.37. The molecule has 0 radical (unpaired) electrons. The molecule has 0 aliphatic carbocycles. The van der Waals surface area contributed by atoms with Crippen LogP contribution in [-0.2, 0) is 0 Å². The van der Waals surface area contributed by atoms with Crippen LogP contribution in [0.4, 0.5) is 15.8 Å². The first-order valence-corrected chi connectivity index (χ1v) is 6.02. The third kappa shape index (κ3) is 3.17. The van der Waals surface area contributed by atoms with Crippen LogP contribution in [0.3, 0.4) is 0 Å². The van der Waals surface area contributed by atoms with Crippen LogP contribution in [0.2, 0.25) is 0 Å². The van der Waals surface area contributed by atoms with Gasteiger partial charge in [-0.2, -0.15) is 0 Å². The molecule has 0 fully saturated rings. The molecule has 0 bridgehead atoms. The quantitative estimate of drug-likeness (QED) is 0.804. The van der Waals surface area contributed by atoms with Gasteiger partial charge in [-0.05, 0) is 42.8 Å². The van der Waals surface area contributed by atoms with Crippen LogP contribution in [0.15, 0.2) is 36.4 Å². The summed E-state index contributed by atoms with van der Waals surface area (Å²) in [6.45, 7) is 1.77. The van der Waals surface area contributed by atoms with Gasteiger partial charge in [0.15, 0.2) is 0 Å². The van der Waals surface area contributed by atoms with Gasteiger partial charge in [0.05, 0.1) is 11.1 Å². The first-order chi connectivity index (χ1) is 9.88. The zero-order valence-electron chi connectivity index (χ0n) is 11.1. The molecule has 2 rings (SSSR count). The summed E-state index contributed by atoms with van der Waals surface area (Å²) in [6, 6.07) is 8.12. The summed E-state index contributed by atoms with van der Waals surface area (Å²) in [4.78, 5) is 21.8. The number of nitrogens with one attached hydrogen (secondary N) is 1. The van der Waals surface area contributed by atoms with Crippen molar-refractivity contribution in [1.82, 2.24) is 0 Å². The van der Waals surface area contributed by atoms with E-state index in [1.165, 1.54) is 18.2 Å². The number of aryl methyl sites for hydroxylation is 1. The Labute approximate surface area is 119 Å². The second-order valence-corrected chi connectivity index (χ2v) is 4.46. The number of hydrogen-bond acceptors (Lipinski definition) is 3. The molecule has 0 aliphatic rings. The Morgan fingerprint density at radius 3 is 2.38 bits per heavy atom. The number of halogens is 1. The Bertz CT molecular complexity index is 728. The highest BCUT2D eigenvalue weighted by Crippen LogP contribution is 2.23. The van der Waals surface area contributed by atoms with Gasteiger partial charge >= 0.3 is 11.9 Å². The van der Waals surface area contributed by atoms with Crippen LogP contribution in [0.25, 0.3) is 0 Å². The third-order valence-corrected chi connectivity index (χ3v) is 2.96. The molecular formula is C15H12FNO4. The van der Waals surface area contributed by atoms with E-state index in [0.717, 1.165) is 17.7 Å². The highest BCUT2D eigenvalue weighted by Gasteiger charge is 2.12. The molecule has 2 aromatic rings. The third-order valence-electron chi connectivity index (χ3n) is 2.96. The number of carbonyl (C=O) groups is 2. The second kappa shape index (κ2) is 5.62. The molecule has 0 unspecified atom stereocenters. The molecule has 0 heterocycles. The van der Waals surface area contributed by atoms with Gasteiger partial charge in [0, 0.05) is 11.4 Å². The molecular weight excluding hydrogens is 277 g/mol. The van der Waals surface area contributed by atoms with Gasteiger partial charge in [-0.15, -0.1) is 0 Å². The zero-order chi connectivity index (χ0) is 15.6. The van der Waals surface area contributed by atoms with E-state index in [4.69, 9.17) is 10.2 Å². The first kappa shape index (κ1) is 14.5. The average molecular weight is 289 g/mol. The highest BCUT2D eigenvalue weighted by atomic mass is 19.1. The van der Waals surface area contributed by atoms with E-state index in [2.05, 4.69) is 5.32 Å². The van der Waals surface area contributed by atoms with Gasteiger partial charge < -0.3 is 15.5 Å². The number of carboxylic acids is 2. The van der Waals surface area contributed by atoms with E-state index in [9.17, 15) is 14.0 Å². The molecule has 0 amide bonds. The maximum atomic E-state index is 13.3. The summed E-state index contributed by atoms with van der Waals surface area (Å²) >= 11 is 0. The Balaban J connectivity index is 2.38. The van der Waals surface area contributed by atoms with Gasteiger partial charge in [-0.1, -0.05) is 6.07 Å². The lowest BCUT2D eigenvalue weighted by molar-refractivity contribution is 0.0683. The van der Waals surface area contributed by atoms with E-state index < -0.39 is 23.3 Å². The smallest absolute Gasteiger partial charge is 0.338 e. The molecule has 0 spiro atoms. The first-order valence-electron chi connectivity index (χ1n) is 6.02. The molecule has 3 N–H and O–H groups in total. The van der Waals surface area contributed by atoms with Crippen LogP contribution in [0.5, 0.6) is 0 Å². The standard InChI is InChI=1S/C15H12FNO4/c1-8-2-3-9(14(18)19)6-13(8)17-10-4-5-12(16)11(7-10)15(20)21/h2-7,17H,1H3,(H,18,19)(H,20,21). The predicted molar refractivity (Wildman–Crippen MR) is 74.8 cm³/mol. The van der Waals surface area contributed by atoms with Gasteiger partial charge in [-0.3, -0.25) is 0 Å². The maximum absolute atomic E-state index is 13.3. The van der Waals surface area contributed by atoms with Crippen molar-refractivity contribution >= 4 is 23.3 Å². The fraction of sp³-hybridized carbons (Fsp3) is 0.0667. The van der Waals surface area contributed by atoms with Crippen molar-refractivity contribution in [3.63, 3.8) is 0 Å². The van der Waals surface area contributed by atoms with Crippen molar-refractivity contribution in [2.24, 2.45) is 0 Å². The molecule has 21 heavy (non-hydrogen) atoms. The van der Waals surface area contributed by atoms with E-state index in [-0.39, 0.29) is 5.56 Å². The van der Waals surface area contributed by atoms with Crippen LogP contribution in [0.1, 0.15) is 26.3 Å². The van der Waals surface area contributed by atoms with Gasteiger partial charge in [-0.25, -0.2) is 14.0 Å². The number of rotatable bonds is 4. The Morgan fingerprint density at radius 1 is 1.05 bits per heavy atom. The summed E-state index contributed by atoms with van der Waals surface area (Å²) in [6.07, 6.45) is 0. The maximum Gasteiger partial charge on any atom is 0.338 e. The fourth-order valence-corrected chi connectivity index (χ4v) is 1.81. The van der Waals surface area contributed by atoms with Crippen LogP contribution in [-0.4, -0.2) is 22.2 Å². The largest absolute Gasteiger partial charge is 0.478 e. The molecule has 6 heteroatoms. The Morgan fingerprint density at radius 2 is 1.76 bits per heavy atom. The zero-order valence-corrected chi connectivity index (χ0v) is 11.1. The molecule has 0 saturated carbocycles. The minimum absolute atomic E-state index is 0.101. The summed E-state index contributed by atoms with van der Waals surface area (Å²) in [5.74, 6) is -3.26. The molecule has 0 atom stereocenters. The summed E-state index contributed by atoms with van der Waals surface area (Å²) in [5, 5.41) is 20.7. The summed E-state index contributed by atoms with van der Waals surface area (Å²) in [5.41, 5.74) is 1.30. The summed E-state index contributed by atoms with van der Waals surface area (Å²) in [7, 11) is 0. The van der Waals surface area contributed by atoms with Crippen LogP contribution >= 0.6 is 0 Å². The van der Waals surface area contributed by atoms with Crippen molar-refractivity contribution < 1.29 is 24.2 Å². The average Bonchev–Trinajstić information content (AvgIpc) is 2.42. The Hall–Kier alpha value is -2.89. The molecule has 0 saturated heterocycles. The summed E-state index contributed by atoms with van der Waals surface area (Å²) < 4.78 is 13.3. The lowest BCUT2D eigenvalue weighted by Gasteiger charge is -2.11. The molecule has 2 aromatic carbocycles. The minimum Gasteiger partial charge on any atom is -0.478 e. The number of benzene rings is 2. The number of hydrogen-bond donors (Lipinski definition) is 3. The Kier molecular flexibility index (Phi) is 3.89. The normalized spacial score (nSPS) is 10.2. The van der Waals surface area contributed by atoms with E-state index >= 15 is 0 Å². The second-order valence-electron chi connectivity index (χ2n) is 4.46. The van der Waals surface area contributed by atoms with E-state index in [1.54, 1.807) is 13.0 Å². The predicted octanol–water partition coefficient (Wildman–Crippen LogP) is 3.27. The van der Waals surface area contributed by atoms with E-state index in [1.807, 2.05) is 0 Å². The van der Waals surface area contributed by atoms with Crippen molar-refractivity contribution in [2.45, 2.75) is 6.92 Å². The molecule has 5 nitrogen and oxygen atoms in total. The van der Waals surface area contributed by atoms with Crippen molar-refractivity contribution in [1.29, 1.82) is 0 Å². The van der Waals surface area contributed by atoms with E-state index in [0.29, 0.717) is 11.4 Å². The van der Waals surface area contributed by atoms with Crippen molar-refractivity contribution in [3.8, 4) is 0 Å². The SMILES string of the molecule is Cc1ccc(C(=O)O)cc1Nc1ccc(F)c(C(=O)O)c1. The number of aromatic carboxylic acids is 2.